The minimum Gasteiger partial charge on any atom is -0.479 e. The van der Waals surface area contributed by atoms with E-state index in [2.05, 4.69) is 0 Å². The second-order valence-electron chi connectivity index (χ2n) is 4.09. The van der Waals surface area contributed by atoms with Crippen LogP contribution in [0.3, 0.4) is 0 Å². The molecule has 0 heterocycles. The number of ketones is 1. The predicted molar refractivity (Wildman–Crippen MR) is 65.2 cm³/mol. The molecule has 2 unspecified atom stereocenters. The van der Waals surface area contributed by atoms with Crippen molar-refractivity contribution >= 4 is 17.7 Å². The Bertz CT molecular complexity index is 522. The van der Waals surface area contributed by atoms with Crippen LogP contribution < -0.4 is 0 Å². The molecule has 0 spiro atoms. The molecule has 6 N–H and O–H groups in total. The lowest BCUT2D eigenvalue weighted by atomic mass is 9.78. The van der Waals surface area contributed by atoms with Gasteiger partial charge in [0.15, 0.2) is 0 Å². The first-order valence-electron chi connectivity index (χ1n) is 5.17. The number of carboxylic acid groups (broad SMARTS) is 2. The third kappa shape index (κ3) is 2.52. The normalized spacial score (nSPS) is 16.1. The van der Waals surface area contributed by atoms with Crippen molar-refractivity contribution in [3.8, 4) is 0 Å². The molecule has 0 saturated carbocycles. The van der Waals surface area contributed by atoms with E-state index in [1.807, 2.05) is 0 Å². The largest absolute Gasteiger partial charge is 0.479 e. The first kappa shape index (κ1) is 17.7. The molecule has 0 aliphatic heterocycles. The second-order valence-corrected chi connectivity index (χ2v) is 4.09. The summed E-state index contributed by atoms with van der Waals surface area (Å²) >= 11 is 0. The quantitative estimate of drug-likeness (QED) is 0.385. The zero-order valence-corrected chi connectivity index (χ0v) is 10.4. The van der Waals surface area contributed by atoms with Gasteiger partial charge in [-0.25, -0.2) is 9.59 Å². The van der Waals surface area contributed by atoms with E-state index in [1.54, 1.807) is 6.07 Å². The van der Waals surface area contributed by atoms with E-state index < -0.39 is 28.9 Å². The summed E-state index contributed by atoms with van der Waals surface area (Å²) in [7, 11) is 0. The van der Waals surface area contributed by atoms with Gasteiger partial charge in [-0.1, -0.05) is 30.3 Å². The van der Waals surface area contributed by atoms with Gasteiger partial charge in [-0.15, -0.1) is 0 Å². The zero-order valence-electron chi connectivity index (χ0n) is 10.4. The number of aliphatic hydroxyl groups is 2. The third-order valence-corrected chi connectivity index (χ3v) is 2.80. The summed E-state index contributed by atoms with van der Waals surface area (Å²) in [6.07, 6.45) is 0. The number of rotatable bonds is 5. The number of Topliss-reactive ketones (excluding diaryl/α,β-unsaturated/α-hetero) is 1. The number of benzene rings is 1. The van der Waals surface area contributed by atoms with Crippen molar-refractivity contribution in [3.63, 3.8) is 0 Å². The monoisotopic (exact) mass is 286 g/mol. The summed E-state index contributed by atoms with van der Waals surface area (Å²) in [5.41, 5.74) is -6.89. The van der Waals surface area contributed by atoms with Crippen molar-refractivity contribution in [3.05, 3.63) is 35.9 Å². The zero-order chi connectivity index (χ0) is 14.8. The van der Waals surface area contributed by atoms with Gasteiger partial charge in [0, 0.05) is 5.56 Å². The number of hydrogen-bond donors (Lipinski definition) is 4. The fourth-order valence-corrected chi connectivity index (χ4v) is 1.48. The summed E-state index contributed by atoms with van der Waals surface area (Å²) in [4.78, 5) is 34.0. The number of carbonyl (C=O) groups excluding carboxylic acids is 1. The van der Waals surface area contributed by atoms with Gasteiger partial charge >= 0.3 is 11.9 Å². The highest BCUT2D eigenvalue weighted by atomic mass is 16.5. The summed E-state index contributed by atoms with van der Waals surface area (Å²) < 4.78 is 0. The van der Waals surface area contributed by atoms with Crippen molar-refractivity contribution in [1.82, 2.24) is 0 Å². The van der Waals surface area contributed by atoms with Crippen LogP contribution in [-0.4, -0.2) is 54.8 Å². The van der Waals surface area contributed by atoms with Gasteiger partial charge in [0.2, 0.25) is 11.4 Å². The van der Waals surface area contributed by atoms with E-state index in [0.717, 1.165) is 0 Å². The van der Waals surface area contributed by atoms with Crippen molar-refractivity contribution in [2.75, 3.05) is 0 Å². The highest BCUT2D eigenvalue weighted by Crippen LogP contribution is 2.27. The van der Waals surface area contributed by atoms with Crippen molar-refractivity contribution in [2.24, 2.45) is 0 Å². The number of hydrogen-bond acceptors (Lipinski definition) is 5. The van der Waals surface area contributed by atoms with Gasteiger partial charge < -0.3 is 25.9 Å². The smallest absolute Gasteiger partial charge is 0.347 e. The highest BCUT2D eigenvalue weighted by molar-refractivity contribution is 6.18. The number of carbonyl (C=O) groups is 3. The van der Waals surface area contributed by atoms with E-state index in [-0.39, 0.29) is 11.0 Å². The Morgan fingerprint density at radius 1 is 0.950 bits per heavy atom. The minimum absolute atomic E-state index is 0. The van der Waals surface area contributed by atoms with E-state index in [1.165, 1.54) is 24.3 Å². The average molecular weight is 286 g/mol. The van der Waals surface area contributed by atoms with E-state index in [9.17, 15) is 24.6 Å². The Labute approximate surface area is 113 Å². The van der Waals surface area contributed by atoms with Crippen LogP contribution in [0.5, 0.6) is 0 Å². The molecule has 0 radical (unpaired) electrons. The Morgan fingerprint density at radius 3 is 1.75 bits per heavy atom. The standard InChI is InChI=1S/C12H12O7.H2O/c1-11(18,9(14)15)12(19,10(16)17)8(13)7-5-3-2-4-6-7;/h2-6,18-19H,1H3,(H,14,15)(H,16,17);1H2. The van der Waals surface area contributed by atoms with Gasteiger partial charge in [-0.05, 0) is 6.92 Å². The molecule has 2 atom stereocenters. The summed E-state index contributed by atoms with van der Waals surface area (Å²) in [6.45, 7) is 0.546. The van der Waals surface area contributed by atoms with Crippen molar-refractivity contribution in [1.29, 1.82) is 0 Å². The molecule has 0 aromatic heterocycles. The summed E-state index contributed by atoms with van der Waals surface area (Å²) in [6, 6.07) is 6.77. The molecule has 1 aromatic rings. The SMILES string of the molecule is CC(O)(C(=O)O)C(O)(C(=O)O)C(=O)c1ccccc1.O. The van der Waals surface area contributed by atoms with Crippen LogP contribution in [0.2, 0.25) is 0 Å². The molecule has 110 valence electrons. The molecule has 0 amide bonds. The topological polar surface area (TPSA) is 164 Å². The molecule has 0 aliphatic carbocycles. The van der Waals surface area contributed by atoms with Gasteiger partial charge in [-0.2, -0.15) is 0 Å². The maximum atomic E-state index is 12.0. The fraction of sp³-hybridized carbons (Fsp3) is 0.250. The average Bonchev–Trinajstić information content (AvgIpc) is 2.37. The number of aliphatic carboxylic acids is 2. The van der Waals surface area contributed by atoms with Gasteiger partial charge in [-0.3, -0.25) is 4.79 Å². The molecule has 0 aliphatic rings. The van der Waals surface area contributed by atoms with Gasteiger partial charge in [0.25, 0.3) is 5.60 Å². The van der Waals surface area contributed by atoms with Crippen LogP contribution in [-0.2, 0) is 9.59 Å². The van der Waals surface area contributed by atoms with Crippen LogP contribution in [0.15, 0.2) is 30.3 Å². The van der Waals surface area contributed by atoms with Crippen LogP contribution in [0.4, 0.5) is 0 Å². The molecule has 20 heavy (non-hydrogen) atoms. The Kier molecular flexibility index (Phi) is 5.12. The van der Waals surface area contributed by atoms with Crippen molar-refractivity contribution < 1.29 is 40.3 Å². The minimum atomic E-state index is -3.49. The van der Waals surface area contributed by atoms with E-state index in [0.29, 0.717) is 6.92 Å². The van der Waals surface area contributed by atoms with Gasteiger partial charge in [0.05, 0.1) is 0 Å². The molecule has 1 aromatic carbocycles. The van der Waals surface area contributed by atoms with Crippen LogP contribution in [0.1, 0.15) is 17.3 Å². The predicted octanol–water partition coefficient (Wildman–Crippen LogP) is -1.30. The Hall–Kier alpha value is -2.29. The third-order valence-electron chi connectivity index (χ3n) is 2.80. The molecular weight excluding hydrogens is 272 g/mol. The van der Waals surface area contributed by atoms with E-state index in [4.69, 9.17) is 10.2 Å². The molecule has 8 nitrogen and oxygen atoms in total. The second kappa shape index (κ2) is 5.78. The fourth-order valence-electron chi connectivity index (χ4n) is 1.48. The van der Waals surface area contributed by atoms with Crippen LogP contribution in [0.25, 0.3) is 0 Å². The van der Waals surface area contributed by atoms with E-state index >= 15 is 0 Å². The highest BCUT2D eigenvalue weighted by Gasteiger charge is 2.62. The summed E-state index contributed by atoms with van der Waals surface area (Å²) in [5, 5.41) is 37.3. The van der Waals surface area contributed by atoms with Crippen LogP contribution >= 0.6 is 0 Å². The lowest BCUT2D eigenvalue weighted by Gasteiger charge is -2.32. The lowest BCUT2D eigenvalue weighted by molar-refractivity contribution is -0.193. The van der Waals surface area contributed by atoms with Crippen molar-refractivity contribution in [2.45, 2.75) is 18.1 Å². The lowest BCUT2D eigenvalue weighted by Crippen LogP contribution is -2.66. The maximum absolute atomic E-state index is 12.0. The molecule has 1 rings (SSSR count). The Morgan fingerprint density at radius 2 is 1.40 bits per heavy atom. The first-order valence-corrected chi connectivity index (χ1v) is 5.17. The Balaban J connectivity index is 0.00000361. The maximum Gasteiger partial charge on any atom is 0.347 e. The van der Waals surface area contributed by atoms with Crippen LogP contribution in [0, 0.1) is 0 Å². The molecular formula is C12H14O8. The summed E-state index contributed by atoms with van der Waals surface area (Å²) in [5.74, 6) is -5.58. The molecule has 8 heteroatoms. The molecule has 0 fully saturated rings. The number of carboxylic acids is 2. The first-order chi connectivity index (χ1) is 8.65. The molecule has 0 saturated heterocycles. The van der Waals surface area contributed by atoms with Gasteiger partial charge in [0.1, 0.15) is 0 Å². The molecule has 0 bridgehead atoms.